The van der Waals surface area contributed by atoms with Gasteiger partial charge in [0.05, 0.1) is 0 Å². The number of hydrogen-bond acceptors (Lipinski definition) is 1. The summed E-state index contributed by atoms with van der Waals surface area (Å²) in [5.74, 6) is 1.07. The molecular formula is C37H47N. The van der Waals surface area contributed by atoms with Gasteiger partial charge in [0, 0.05) is 12.6 Å². The maximum atomic E-state index is 4.58. The van der Waals surface area contributed by atoms with Gasteiger partial charge in [0.25, 0.3) is 0 Å². The molecule has 3 atom stereocenters. The zero-order chi connectivity index (χ0) is 27.0. The first kappa shape index (κ1) is 26.9. The van der Waals surface area contributed by atoms with Crippen LogP contribution in [0.5, 0.6) is 0 Å². The summed E-state index contributed by atoms with van der Waals surface area (Å²) in [5.41, 5.74) is 15.4. The van der Waals surface area contributed by atoms with Crippen molar-refractivity contribution in [1.29, 1.82) is 0 Å². The van der Waals surface area contributed by atoms with Gasteiger partial charge in [-0.3, -0.25) is 4.90 Å². The Hall–Kier alpha value is -2.64. The largest absolute Gasteiger partial charge is 0.296 e. The Balaban J connectivity index is 1.20. The molecule has 2 aliphatic carbocycles. The van der Waals surface area contributed by atoms with E-state index >= 15 is 0 Å². The average Bonchev–Trinajstić information content (AvgIpc) is 3.43. The molecular weight excluding hydrogens is 458 g/mol. The summed E-state index contributed by atoms with van der Waals surface area (Å²) >= 11 is 0. The van der Waals surface area contributed by atoms with Crippen molar-refractivity contribution in [2.24, 2.45) is 11.8 Å². The van der Waals surface area contributed by atoms with Crippen molar-refractivity contribution in [2.45, 2.75) is 91.1 Å². The van der Waals surface area contributed by atoms with E-state index in [0.29, 0.717) is 17.9 Å². The number of benzene rings is 2. The summed E-state index contributed by atoms with van der Waals surface area (Å²) in [6.07, 6.45) is 10.1. The van der Waals surface area contributed by atoms with Gasteiger partial charge in [-0.25, -0.2) is 0 Å². The first-order valence-corrected chi connectivity index (χ1v) is 14.8. The van der Waals surface area contributed by atoms with Gasteiger partial charge >= 0.3 is 0 Å². The average molecular weight is 506 g/mol. The zero-order valence-corrected chi connectivity index (χ0v) is 24.2. The Bertz CT molecular complexity index is 1270. The predicted molar refractivity (Wildman–Crippen MR) is 164 cm³/mol. The van der Waals surface area contributed by atoms with Crippen molar-refractivity contribution in [1.82, 2.24) is 4.90 Å². The molecule has 0 spiro atoms. The van der Waals surface area contributed by atoms with Crippen LogP contribution in [0.15, 0.2) is 73.4 Å². The molecule has 1 heteroatoms. The minimum atomic E-state index is 0.512. The standard InChI is InChI=1S/C37H47N/c1-24-11-15-35(27(4)17-24)37-22-33-14-13-31(21-36(33)30(37)7)12-10-25(2)18-32-19-26(3)29(6)34(20-32)23-38-16-8-9-28(38)5/h13-14,19-21,28,35,37H,1-2,4,7-12,15-18,22-23H2,3,5-6H3. The fraction of sp³-hybridized carbons (Fsp3) is 0.459. The Morgan fingerprint density at radius 1 is 1.00 bits per heavy atom. The molecule has 2 aromatic rings. The van der Waals surface area contributed by atoms with Crippen LogP contribution in [0.4, 0.5) is 0 Å². The van der Waals surface area contributed by atoms with Crippen LogP contribution in [-0.2, 0) is 25.8 Å². The Labute approximate surface area is 232 Å². The summed E-state index contributed by atoms with van der Waals surface area (Å²) < 4.78 is 0. The van der Waals surface area contributed by atoms with Gasteiger partial charge in [0.1, 0.15) is 0 Å². The van der Waals surface area contributed by atoms with Crippen LogP contribution in [0.2, 0.25) is 0 Å². The molecule has 0 bridgehead atoms. The van der Waals surface area contributed by atoms with Crippen LogP contribution in [0.3, 0.4) is 0 Å². The molecule has 3 unspecified atom stereocenters. The van der Waals surface area contributed by atoms with Crippen LogP contribution in [0.25, 0.3) is 5.57 Å². The SMILES string of the molecule is C=C1CCC(C2Cc3ccc(CCC(=C)Cc4cc(C)c(C)c(CN5CCCC5C)c4)cc3C2=C)C(=C)C1. The molecule has 2 aromatic carbocycles. The molecule has 1 heterocycles. The van der Waals surface area contributed by atoms with Crippen molar-refractivity contribution < 1.29 is 0 Å². The quantitative estimate of drug-likeness (QED) is 0.323. The first-order chi connectivity index (χ1) is 18.2. The molecule has 0 N–H and O–H groups in total. The lowest BCUT2D eigenvalue weighted by Gasteiger charge is -2.31. The number of allylic oxidation sites excluding steroid dienone is 4. The fourth-order valence-electron chi connectivity index (χ4n) is 7.22. The van der Waals surface area contributed by atoms with Crippen LogP contribution >= 0.6 is 0 Å². The lowest BCUT2D eigenvalue weighted by Crippen LogP contribution is -2.26. The molecule has 1 saturated carbocycles. The van der Waals surface area contributed by atoms with Gasteiger partial charge in [0.2, 0.25) is 0 Å². The zero-order valence-electron chi connectivity index (χ0n) is 24.2. The van der Waals surface area contributed by atoms with Gasteiger partial charge < -0.3 is 0 Å². The number of aryl methyl sites for hydroxylation is 2. The highest BCUT2D eigenvalue weighted by atomic mass is 15.2. The Morgan fingerprint density at radius 2 is 1.82 bits per heavy atom. The smallest absolute Gasteiger partial charge is 0.0239 e. The van der Waals surface area contributed by atoms with E-state index in [2.05, 4.69) is 82.3 Å². The molecule has 2 fully saturated rings. The monoisotopic (exact) mass is 505 g/mol. The lowest BCUT2D eigenvalue weighted by atomic mass is 9.73. The van der Waals surface area contributed by atoms with Crippen molar-refractivity contribution in [3.8, 4) is 0 Å². The number of rotatable bonds is 8. The molecule has 200 valence electrons. The van der Waals surface area contributed by atoms with Gasteiger partial charge in [0.15, 0.2) is 0 Å². The fourth-order valence-corrected chi connectivity index (χ4v) is 7.22. The molecule has 0 aromatic heterocycles. The highest BCUT2D eigenvalue weighted by Crippen LogP contribution is 2.47. The molecule has 0 radical (unpaired) electrons. The normalized spacial score (nSPS) is 23.8. The maximum Gasteiger partial charge on any atom is 0.0239 e. The summed E-state index contributed by atoms with van der Waals surface area (Å²) in [5, 5.41) is 0. The highest BCUT2D eigenvalue weighted by molar-refractivity contribution is 5.74. The lowest BCUT2D eigenvalue weighted by molar-refractivity contribution is 0.260. The summed E-state index contributed by atoms with van der Waals surface area (Å²) in [6.45, 7) is 26.9. The van der Waals surface area contributed by atoms with Gasteiger partial charge in [-0.2, -0.15) is 0 Å². The van der Waals surface area contributed by atoms with Gasteiger partial charge in [-0.05, 0) is 141 Å². The molecule has 38 heavy (non-hydrogen) atoms. The molecule has 1 nitrogen and oxygen atoms in total. The van der Waals surface area contributed by atoms with E-state index in [1.165, 1.54) is 87.0 Å². The second-order valence-electron chi connectivity index (χ2n) is 12.6. The molecule has 1 aliphatic heterocycles. The number of nitrogens with zero attached hydrogens (tertiary/aromatic N) is 1. The van der Waals surface area contributed by atoms with E-state index in [4.69, 9.17) is 0 Å². The minimum absolute atomic E-state index is 0.512. The van der Waals surface area contributed by atoms with Crippen LogP contribution in [-0.4, -0.2) is 17.5 Å². The third kappa shape index (κ3) is 5.69. The van der Waals surface area contributed by atoms with Crippen LogP contribution < -0.4 is 0 Å². The molecule has 5 rings (SSSR count). The van der Waals surface area contributed by atoms with E-state index in [1.807, 2.05) is 0 Å². The second kappa shape index (κ2) is 11.2. The molecule has 3 aliphatic rings. The highest BCUT2D eigenvalue weighted by Gasteiger charge is 2.34. The second-order valence-corrected chi connectivity index (χ2v) is 12.6. The summed E-state index contributed by atoms with van der Waals surface area (Å²) in [7, 11) is 0. The van der Waals surface area contributed by atoms with Crippen molar-refractivity contribution in [2.75, 3.05) is 6.54 Å². The Kier molecular flexibility index (Phi) is 7.96. The Morgan fingerprint density at radius 3 is 2.55 bits per heavy atom. The van der Waals surface area contributed by atoms with Crippen molar-refractivity contribution in [3.05, 3.63) is 112 Å². The maximum absolute atomic E-state index is 4.58. The topological polar surface area (TPSA) is 3.24 Å². The van der Waals surface area contributed by atoms with Crippen molar-refractivity contribution >= 4 is 5.57 Å². The third-order valence-corrected chi connectivity index (χ3v) is 9.82. The van der Waals surface area contributed by atoms with E-state index in [-0.39, 0.29) is 0 Å². The third-order valence-electron chi connectivity index (χ3n) is 9.82. The number of hydrogen-bond donors (Lipinski definition) is 0. The molecule has 1 saturated heterocycles. The van der Waals surface area contributed by atoms with E-state index in [1.54, 1.807) is 0 Å². The molecule has 0 amide bonds. The number of fused-ring (bicyclic) bond motifs is 1. The van der Waals surface area contributed by atoms with E-state index in [0.717, 1.165) is 45.1 Å². The predicted octanol–water partition coefficient (Wildman–Crippen LogP) is 9.12. The van der Waals surface area contributed by atoms with Gasteiger partial charge in [-0.1, -0.05) is 73.4 Å². The number of likely N-dealkylation sites (tertiary alicyclic amines) is 1. The minimum Gasteiger partial charge on any atom is -0.296 e. The van der Waals surface area contributed by atoms with Crippen LogP contribution in [0, 0.1) is 25.7 Å². The van der Waals surface area contributed by atoms with Crippen molar-refractivity contribution in [3.63, 3.8) is 0 Å². The van der Waals surface area contributed by atoms with Gasteiger partial charge in [-0.15, -0.1) is 0 Å². The van der Waals surface area contributed by atoms with E-state index < -0.39 is 0 Å². The van der Waals surface area contributed by atoms with Crippen LogP contribution in [0.1, 0.15) is 84.4 Å². The summed E-state index contributed by atoms with van der Waals surface area (Å²) in [6, 6.07) is 12.6. The summed E-state index contributed by atoms with van der Waals surface area (Å²) in [4.78, 5) is 2.65. The first-order valence-electron chi connectivity index (χ1n) is 14.8. The van der Waals surface area contributed by atoms with E-state index in [9.17, 15) is 0 Å².